The molecule has 2 aromatic rings. The largest absolute Gasteiger partial charge is 0.369 e. The third kappa shape index (κ3) is 3.32. The van der Waals surface area contributed by atoms with Crippen molar-refractivity contribution in [3.05, 3.63) is 80.9 Å². The van der Waals surface area contributed by atoms with Gasteiger partial charge in [0.1, 0.15) is 6.10 Å². The summed E-state index contributed by atoms with van der Waals surface area (Å²) in [5.41, 5.74) is 6.08. The molecule has 1 unspecified atom stereocenters. The second-order valence-corrected chi connectivity index (χ2v) is 5.90. The maximum Gasteiger partial charge on any atom is 0.269 e. The van der Waals surface area contributed by atoms with E-state index < -0.39 is 0 Å². The van der Waals surface area contributed by atoms with E-state index in [9.17, 15) is 10.1 Å². The van der Waals surface area contributed by atoms with Crippen molar-refractivity contribution in [3.63, 3.8) is 0 Å². The SMILES string of the molecule is Cc1ccc(C)c(C2=CC(c3ccc([N+](=O)[O-])cc3)OCC2)c1. The van der Waals surface area contributed by atoms with Gasteiger partial charge in [-0.1, -0.05) is 23.8 Å². The second kappa shape index (κ2) is 6.34. The van der Waals surface area contributed by atoms with E-state index in [0.29, 0.717) is 6.61 Å². The lowest BCUT2D eigenvalue weighted by atomic mass is 9.92. The topological polar surface area (TPSA) is 52.4 Å². The van der Waals surface area contributed by atoms with Crippen molar-refractivity contribution in [2.75, 3.05) is 6.61 Å². The number of ether oxygens (including phenoxy) is 1. The van der Waals surface area contributed by atoms with Gasteiger partial charge in [-0.05, 0) is 60.7 Å². The average molecular weight is 309 g/mol. The Balaban J connectivity index is 1.92. The predicted molar refractivity (Wildman–Crippen MR) is 90.3 cm³/mol. The van der Waals surface area contributed by atoms with Crippen LogP contribution in [0.3, 0.4) is 0 Å². The number of nitro groups is 1. The van der Waals surface area contributed by atoms with Crippen LogP contribution in [0.2, 0.25) is 0 Å². The van der Waals surface area contributed by atoms with Crippen molar-refractivity contribution in [1.82, 2.24) is 0 Å². The third-order valence-electron chi connectivity index (χ3n) is 4.19. The Kier molecular flexibility index (Phi) is 4.26. The van der Waals surface area contributed by atoms with Crippen molar-refractivity contribution >= 4 is 11.3 Å². The number of benzene rings is 2. The normalized spacial score (nSPS) is 17.7. The Morgan fingerprint density at radius 3 is 2.57 bits per heavy atom. The van der Waals surface area contributed by atoms with Gasteiger partial charge in [0.2, 0.25) is 0 Å². The van der Waals surface area contributed by atoms with Gasteiger partial charge in [0.15, 0.2) is 0 Å². The van der Waals surface area contributed by atoms with E-state index in [4.69, 9.17) is 4.74 Å². The molecular weight excluding hydrogens is 290 g/mol. The van der Waals surface area contributed by atoms with Crippen LogP contribution < -0.4 is 0 Å². The summed E-state index contributed by atoms with van der Waals surface area (Å²) in [5, 5.41) is 10.8. The first-order chi connectivity index (χ1) is 11.0. The van der Waals surface area contributed by atoms with Crippen LogP contribution in [0.1, 0.15) is 34.8 Å². The molecule has 0 aromatic heterocycles. The van der Waals surface area contributed by atoms with Crippen LogP contribution in [-0.2, 0) is 4.74 Å². The Labute approximate surface area is 135 Å². The lowest BCUT2D eigenvalue weighted by Gasteiger charge is -2.23. The van der Waals surface area contributed by atoms with E-state index >= 15 is 0 Å². The number of non-ortho nitro benzene ring substituents is 1. The highest BCUT2D eigenvalue weighted by atomic mass is 16.6. The maximum atomic E-state index is 10.8. The van der Waals surface area contributed by atoms with Crippen LogP contribution in [0, 0.1) is 24.0 Å². The van der Waals surface area contributed by atoms with Gasteiger partial charge in [-0.25, -0.2) is 0 Å². The molecule has 23 heavy (non-hydrogen) atoms. The van der Waals surface area contributed by atoms with E-state index in [1.807, 2.05) is 0 Å². The summed E-state index contributed by atoms with van der Waals surface area (Å²) in [7, 11) is 0. The number of aryl methyl sites for hydroxylation is 2. The van der Waals surface area contributed by atoms with E-state index in [0.717, 1.165) is 12.0 Å². The number of rotatable bonds is 3. The van der Waals surface area contributed by atoms with Crippen LogP contribution in [0.15, 0.2) is 48.5 Å². The summed E-state index contributed by atoms with van der Waals surface area (Å²) in [6.45, 7) is 4.86. The molecule has 0 saturated carbocycles. The molecule has 4 heteroatoms. The third-order valence-corrected chi connectivity index (χ3v) is 4.19. The fraction of sp³-hybridized carbons (Fsp3) is 0.263. The minimum absolute atomic E-state index is 0.100. The van der Waals surface area contributed by atoms with Crippen LogP contribution in [0.25, 0.3) is 5.57 Å². The Morgan fingerprint density at radius 1 is 1.13 bits per heavy atom. The molecular formula is C19H19NO3. The fourth-order valence-electron chi connectivity index (χ4n) is 2.89. The standard InChI is InChI=1S/C19H19NO3/c1-13-3-4-14(2)18(11-13)16-9-10-23-19(12-16)15-5-7-17(8-6-15)20(21)22/h3-8,11-12,19H,9-10H2,1-2H3. The first-order valence-corrected chi connectivity index (χ1v) is 7.69. The highest BCUT2D eigenvalue weighted by molar-refractivity contribution is 5.70. The van der Waals surface area contributed by atoms with Gasteiger partial charge < -0.3 is 4.74 Å². The fourth-order valence-corrected chi connectivity index (χ4v) is 2.89. The smallest absolute Gasteiger partial charge is 0.269 e. The summed E-state index contributed by atoms with van der Waals surface area (Å²) in [6, 6.07) is 13.1. The van der Waals surface area contributed by atoms with Gasteiger partial charge in [-0.3, -0.25) is 10.1 Å². The minimum Gasteiger partial charge on any atom is -0.369 e. The summed E-state index contributed by atoms with van der Waals surface area (Å²) in [6.07, 6.45) is 2.86. The van der Waals surface area contributed by atoms with E-state index in [-0.39, 0.29) is 16.7 Å². The molecule has 0 spiro atoms. The molecule has 1 aliphatic rings. The van der Waals surface area contributed by atoms with Gasteiger partial charge in [0.05, 0.1) is 11.5 Å². The summed E-state index contributed by atoms with van der Waals surface area (Å²) in [5.74, 6) is 0. The van der Waals surface area contributed by atoms with Crippen molar-refractivity contribution < 1.29 is 9.66 Å². The van der Waals surface area contributed by atoms with E-state index in [2.05, 4.69) is 38.1 Å². The van der Waals surface area contributed by atoms with Gasteiger partial charge in [-0.2, -0.15) is 0 Å². The molecule has 1 atom stereocenters. The zero-order valence-electron chi connectivity index (χ0n) is 13.3. The summed E-state index contributed by atoms with van der Waals surface area (Å²) < 4.78 is 5.84. The number of nitro benzene ring substituents is 1. The molecule has 0 fully saturated rings. The van der Waals surface area contributed by atoms with E-state index in [1.165, 1.54) is 34.4 Å². The maximum absolute atomic E-state index is 10.8. The monoisotopic (exact) mass is 309 g/mol. The zero-order valence-corrected chi connectivity index (χ0v) is 13.3. The number of hydrogen-bond acceptors (Lipinski definition) is 3. The molecule has 0 radical (unpaired) electrons. The van der Waals surface area contributed by atoms with Crippen molar-refractivity contribution in [2.24, 2.45) is 0 Å². The Bertz CT molecular complexity index is 763. The molecule has 0 bridgehead atoms. The van der Waals surface area contributed by atoms with Crippen LogP contribution >= 0.6 is 0 Å². The predicted octanol–water partition coefficient (Wildman–Crippen LogP) is 4.76. The minimum atomic E-state index is -0.386. The van der Waals surface area contributed by atoms with Gasteiger partial charge in [-0.15, -0.1) is 0 Å². The van der Waals surface area contributed by atoms with Gasteiger partial charge in [0.25, 0.3) is 5.69 Å². The Hall–Kier alpha value is -2.46. The lowest BCUT2D eigenvalue weighted by molar-refractivity contribution is -0.384. The lowest BCUT2D eigenvalue weighted by Crippen LogP contribution is -2.10. The highest BCUT2D eigenvalue weighted by Gasteiger charge is 2.18. The Morgan fingerprint density at radius 2 is 1.87 bits per heavy atom. The summed E-state index contributed by atoms with van der Waals surface area (Å²) >= 11 is 0. The molecule has 4 nitrogen and oxygen atoms in total. The molecule has 1 heterocycles. The average Bonchev–Trinajstić information content (AvgIpc) is 2.57. The molecule has 0 aliphatic carbocycles. The molecule has 2 aromatic carbocycles. The number of hydrogen-bond donors (Lipinski definition) is 0. The van der Waals surface area contributed by atoms with Gasteiger partial charge in [0, 0.05) is 12.1 Å². The van der Waals surface area contributed by atoms with Crippen molar-refractivity contribution in [2.45, 2.75) is 26.4 Å². The molecule has 0 N–H and O–H groups in total. The van der Waals surface area contributed by atoms with Crippen LogP contribution in [0.4, 0.5) is 5.69 Å². The van der Waals surface area contributed by atoms with Crippen molar-refractivity contribution in [1.29, 1.82) is 0 Å². The van der Waals surface area contributed by atoms with E-state index in [1.54, 1.807) is 12.1 Å². The number of nitrogens with zero attached hydrogens (tertiary/aromatic N) is 1. The molecule has 1 aliphatic heterocycles. The molecule has 118 valence electrons. The highest BCUT2D eigenvalue weighted by Crippen LogP contribution is 2.33. The first kappa shape index (κ1) is 15.4. The second-order valence-electron chi connectivity index (χ2n) is 5.90. The van der Waals surface area contributed by atoms with Crippen LogP contribution in [-0.4, -0.2) is 11.5 Å². The van der Waals surface area contributed by atoms with Crippen molar-refractivity contribution in [3.8, 4) is 0 Å². The van der Waals surface area contributed by atoms with Gasteiger partial charge >= 0.3 is 0 Å². The van der Waals surface area contributed by atoms with Crippen LogP contribution in [0.5, 0.6) is 0 Å². The quantitative estimate of drug-likeness (QED) is 0.607. The molecule has 0 saturated heterocycles. The zero-order chi connectivity index (χ0) is 16.4. The first-order valence-electron chi connectivity index (χ1n) is 7.69. The molecule has 0 amide bonds. The summed E-state index contributed by atoms with van der Waals surface area (Å²) in [4.78, 5) is 10.4. The molecule has 3 rings (SSSR count).